The lowest BCUT2D eigenvalue weighted by Crippen LogP contribution is -2.31. The average Bonchev–Trinajstić information content (AvgIpc) is 2.82. The molecule has 0 saturated carbocycles. The van der Waals surface area contributed by atoms with Gasteiger partial charge < -0.3 is 10.0 Å². The molecule has 1 aromatic rings. The number of aliphatic hydroxyl groups is 1. The van der Waals surface area contributed by atoms with Crippen molar-refractivity contribution in [3.8, 4) is 0 Å². The predicted molar refractivity (Wildman–Crippen MR) is 71.1 cm³/mol. The molecule has 1 saturated heterocycles. The second-order valence-corrected chi connectivity index (χ2v) is 4.93. The summed E-state index contributed by atoms with van der Waals surface area (Å²) in [5.74, 6) is 0. The molecule has 0 spiro atoms. The molecule has 0 bridgehead atoms. The Hall–Kier alpha value is -0.860. The van der Waals surface area contributed by atoms with Crippen LogP contribution in [0.4, 0.5) is 0 Å². The van der Waals surface area contributed by atoms with E-state index in [4.69, 9.17) is 5.11 Å². The molecule has 1 N–H and O–H groups in total. The Bertz CT molecular complexity index is 312. The van der Waals surface area contributed by atoms with Gasteiger partial charge in [-0.3, -0.25) is 0 Å². The van der Waals surface area contributed by atoms with Gasteiger partial charge in [0.2, 0.25) is 0 Å². The summed E-state index contributed by atoms with van der Waals surface area (Å²) < 4.78 is 0. The van der Waals surface area contributed by atoms with Crippen LogP contribution in [-0.2, 0) is 6.42 Å². The number of nitrogens with zero attached hydrogens (tertiary/aromatic N) is 1. The van der Waals surface area contributed by atoms with Gasteiger partial charge in [0.15, 0.2) is 0 Å². The quantitative estimate of drug-likeness (QED) is 0.816. The molecule has 94 valence electrons. The molecule has 0 aliphatic carbocycles. The maximum absolute atomic E-state index is 8.89. The zero-order valence-electron chi connectivity index (χ0n) is 10.5. The normalized spacial score (nSPS) is 20.9. The fourth-order valence-electron chi connectivity index (χ4n) is 2.77. The minimum Gasteiger partial charge on any atom is -0.396 e. The lowest BCUT2D eigenvalue weighted by molar-refractivity contribution is 0.206. The highest BCUT2D eigenvalue weighted by molar-refractivity contribution is 5.14. The Balaban J connectivity index is 1.78. The van der Waals surface area contributed by atoms with Crippen molar-refractivity contribution in [2.24, 2.45) is 0 Å². The van der Waals surface area contributed by atoms with Crippen LogP contribution in [-0.4, -0.2) is 35.7 Å². The van der Waals surface area contributed by atoms with Gasteiger partial charge >= 0.3 is 0 Å². The van der Waals surface area contributed by atoms with Crippen LogP contribution in [0, 0.1) is 0 Å². The monoisotopic (exact) mass is 233 g/mol. The van der Waals surface area contributed by atoms with Crippen LogP contribution in [0.1, 0.15) is 31.2 Å². The standard InChI is InChI=1S/C15H23NO/c17-13-5-12-16-11-4-8-15(16)10-9-14-6-2-1-3-7-14/h1-3,6-7,15,17H,4-5,8-13H2. The summed E-state index contributed by atoms with van der Waals surface area (Å²) in [6.45, 7) is 2.61. The second kappa shape index (κ2) is 6.77. The Morgan fingerprint density at radius 2 is 2.06 bits per heavy atom. The van der Waals surface area contributed by atoms with E-state index >= 15 is 0 Å². The summed E-state index contributed by atoms with van der Waals surface area (Å²) in [4.78, 5) is 2.55. The first-order valence-electron chi connectivity index (χ1n) is 6.79. The number of aliphatic hydroxyl groups excluding tert-OH is 1. The van der Waals surface area contributed by atoms with Gasteiger partial charge in [-0.1, -0.05) is 30.3 Å². The van der Waals surface area contributed by atoms with Crippen LogP contribution in [0.2, 0.25) is 0 Å². The molecule has 2 nitrogen and oxygen atoms in total. The molecule has 1 fully saturated rings. The molecular formula is C15H23NO. The summed E-state index contributed by atoms with van der Waals surface area (Å²) in [6.07, 6.45) is 6.02. The number of likely N-dealkylation sites (tertiary alicyclic amines) is 1. The van der Waals surface area contributed by atoms with Crippen molar-refractivity contribution in [3.63, 3.8) is 0 Å². The van der Waals surface area contributed by atoms with Crippen LogP contribution in [0.25, 0.3) is 0 Å². The minimum absolute atomic E-state index is 0.321. The smallest absolute Gasteiger partial charge is 0.0443 e. The van der Waals surface area contributed by atoms with Crippen LogP contribution in [0.5, 0.6) is 0 Å². The van der Waals surface area contributed by atoms with E-state index in [1.54, 1.807) is 0 Å². The van der Waals surface area contributed by atoms with E-state index < -0.39 is 0 Å². The number of hydrogen-bond donors (Lipinski definition) is 1. The molecule has 2 heteroatoms. The topological polar surface area (TPSA) is 23.5 Å². The minimum atomic E-state index is 0.321. The average molecular weight is 233 g/mol. The number of aryl methyl sites for hydroxylation is 1. The van der Waals surface area contributed by atoms with Gasteiger partial charge in [-0.15, -0.1) is 0 Å². The lowest BCUT2D eigenvalue weighted by atomic mass is 10.0. The highest BCUT2D eigenvalue weighted by Gasteiger charge is 2.23. The molecule has 2 rings (SSSR count). The summed E-state index contributed by atoms with van der Waals surface area (Å²) in [5.41, 5.74) is 1.45. The molecule has 0 radical (unpaired) electrons. The van der Waals surface area contributed by atoms with Gasteiger partial charge in [-0.05, 0) is 44.2 Å². The zero-order chi connectivity index (χ0) is 11.9. The summed E-state index contributed by atoms with van der Waals surface area (Å²) in [7, 11) is 0. The molecule has 1 atom stereocenters. The van der Waals surface area contributed by atoms with Gasteiger partial charge in [0.05, 0.1) is 0 Å². The lowest BCUT2D eigenvalue weighted by Gasteiger charge is -2.24. The summed E-state index contributed by atoms with van der Waals surface area (Å²) >= 11 is 0. The summed E-state index contributed by atoms with van der Waals surface area (Å²) in [6, 6.07) is 11.5. The SMILES string of the molecule is OCCCN1CCCC1CCc1ccccc1. The van der Waals surface area contributed by atoms with Gasteiger partial charge in [0, 0.05) is 19.2 Å². The number of hydrogen-bond acceptors (Lipinski definition) is 2. The first kappa shape index (κ1) is 12.6. The van der Waals surface area contributed by atoms with E-state index in [1.807, 2.05) is 0 Å². The Morgan fingerprint density at radius 3 is 2.82 bits per heavy atom. The predicted octanol–water partition coefficient (Wildman–Crippen LogP) is 2.47. The van der Waals surface area contributed by atoms with E-state index in [0.717, 1.165) is 19.0 Å². The van der Waals surface area contributed by atoms with E-state index in [1.165, 1.54) is 37.8 Å². The van der Waals surface area contributed by atoms with E-state index in [0.29, 0.717) is 6.61 Å². The first-order chi connectivity index (χ1) is 8.40. The summed E-state index contributed by atoms with van der Waals surface area (Å²) in [5, 5.41) is 8.89. The number of benzene rings is 1. The molecule has 1 aromatic carbocycles. The molecule has 1 aliphatic rings. The molecule has 0 amide bonds. The van der Waals surface area contributed by atoms with Crippen LogP contribution in [0.3, 0.4) is 0 Å². The van der Waals surface area contributed by atoms with Crippen LogP contribution in [0.15, 0.2) is 30.3 Å². The molecular weight excluding hydrogens is 210 g/mol. The van der Waals surface area contributed by atoms with Crippen molar-refractivity contribution in [1.29, 1.82) is 0 Å². The Kier molecular flexibility index (Phi) is 5.02. The molecule has 1 unspecified atom stereocenters. The van der Waals surface area contributed by atoms with E-state index in [9.17, 15) is 0 Å². The van der Waals surface area contributed by atoms with Crippen molar-refractivity contribution in [3.05, 3.63) is 35.9 Å². The molecule has 1 aliphatic heterocycles. The Labute approximate surface area is 104 Å². The van der Waals surface area contributed by atoms with Crippen molar-refractivity contribution in [2.45, 2.75) is 38.1 Å². The zero-order valence-corrected chi connectivity index (χ0v) is 10.5. The second-order valence-electron chi connectivity index (χ2n) is 4.93. The Morgan fingerprint density at radius 1 is 1.24 bits per heavy atom. The van der Waals surface area contributed by atoms with Gasteiger partial charge in [0.1, 0.15) is 0 Å². The van der Waals surface area contributed by atoms with Crippen LogP contribution < -0.4 is 0 Å². The number of rotatable bonds is 6. The van der Waals surface area contributed by atoms with E-state index in [2.05, 4.69) is 35.2 Å². The van der Waals surface area contributed by atoms with Gasteiger partial charge in [-0.2, -0.15) is 0 Å². The maximum Gasteiger partial charge on any atom is 0.0443 e. The maximum atomic E-state index is 8.89. The van der Waals surface area contributed by atoms with E-state index in [-0.39, 0.29) is 0 Å². The van der Waals surface area contributed by atoms with Gasteiger partial charge in [0.25, 0.3) is 0 Å². The molecule has 1 heterocycles. The fourth-order valence-corrected chi connectivity index (χ4v) is 2.77. The van der Waals surface area contributed by atoms with Crippen molar-refractivity contribution in [2.75, 3.05) is 19.7 Å². The largest absolute Gasteiger partial charge is 0.396 e. The highest BCUT2D eigenvalue weighted by atomic mass is 16.3. The fraction of sp³-hybridized carbons (Fsp3) is 0.600. The highest BCUT2D eigenvalue weighted by Crippen LogP contribution is 2.21. The van der Waals surface area contributed by atoms with Crippen molar-refractivity contribution in [1.82, 2.24) is 4.90 Å². The van der Waals surface area contributed by atoms with Crippen molar-refractivity contribution < 1.29 is 5.11 Å². The van der Waals surface area contributed by atoms with Gasteiger partial charge in [-0.25, -0.2) is 0 Å². The van der Waals surface area contributed by atoms with Crippen molar-refractivity contribution >= 4 is 0 Å². The third-order valence-corrected chi connectivity index (χ3v) is 3.71. The first-order valence-corrected chi connectivity index (χ1v) is 6.79. The molecule has 0 aromatic heterocycles. The molecule has 17 heavy (non-hydrogen) atoms. The third kappa shape index (κ3) is 3.83. The third-order valence-electron chi connectivity index (χ3n) is 3.71. The van der Waals surface area contributed by atoms with Crippen LogP contribution >= 0.6 is 0 Å².